The van der Waals surface area contributed by atoms with E-state index in [2.05, 4.69) is 26.1 Å². The van der Waals surface area contributed by atoms with Crippen molar-refractivity contribution in [1.82, 2.24) is 23.9 Å². The maximum atomic E-state index is 12.9. The molecule has 2 aromatic heterocycles. The molecule has 0 saturated heterocycles. The third-order valence-corrected chi connectivity index (χ3v) is 6.21. The molecule has 11 heteroatoms. The van der Waals surface area contributed by atoms with Gasteiger partial charge in [-0.05, 0) is 29.8 Å². The molecule has 0 saturated carbocycles. The van der Waals surface area contributed by atoms with Gasteiger partial charge in [0.1, 0.15) is 4.90 Å². The van der Waals surface area contributed by atoms with E-state index in [0.29, 0.717) is 14.8 Å². The van der Waals surface area contributed by atoms with Crippen molar-refractivity contribution in [3.63, 3.8) is 0 Å². The van der Waals surface area contributed by atoms with Crippen LogP contribution in [0.2, 0.25) is 0 Å². The van der Waals surface area contributed by atoms with Gasteiger partial charge in [0.05, 0.1) is 34.3 Å². The number of hydrogen-bond donors (Lipinski definition) is 0. The quantitative estimate of drug-likeness (QED) is 0.755. The van der Waals surface area contributed by atoms with Crippen molar-refractivity contribution >= 4 is 26.0 Å². The van der Waals surface area contributed by atoms with Crippen LogP contribution < -0.4 is 0 Å². The second kappa shape index (κ2) is 6.29. The van der Waals surface area contributed by atoms with Gasteiger partial charge in [-0.15, -0.1) is 0 Å². The molecule has 2 aromatic rings. The van der Waals surface area contributed by atoms with E-state index < -0.39 is 16.6 Å². The fraction of sp³-hybridized carbons (Fsp3) is 0.500. The number of sulfonamides is 1. The highest BCUT2D eigenvalue weighted by molar-refractivity contribution is 9.10. The minimum absolute atomic E-state index is 0.0398. The monoisotopic (exact) mass is 411 g/mol. The van der Waals surface area contributed by atoms with E-state index in [1.54, 1.807) is 17.9 Å². The standard InChI is InChI=1S/C12H16BrF2N5O2S/c1-7-11(8(2)20(17-7)12(14)15)23(21,22)18(3)6-10-9(13)5-16-19(10)4/h5,12H,6H2,1-4H3. The summed E-state index contributed by atoms with van der Waals surface area (Å²) in [5, 5.41) is 7.64. The van der Waals surface area contributed by atoms with Crippen LogP contribution in [0.25, 0.3) is 0 Å². The van der Waals surface area contributed by atoms with E-state index in [-0.39, 0.29) is 22.8 Å². The lowest BCUT2D eigenvalue weighted by molar-refractivity contribution is 0.0538. The van der Waals surface area contributed by atoms with Crippen molar-refractivity contribution in [3.8, 4) is 0 Å². The Bertz CT molecular complexity index is 811. The molecule has 0 unspecified atom stereocenters. The van der Waals surface area contributed by atoms with Crippen molar-refractivity contribution in [1.29, 1.82) is 0 Å². The number of alkyl halides is 2. The molecule has 0 spiro atoms. The Labute approximate surface area is 141 Å². The predicted molar refractivity (Wildman–Crippen MR) is 82.5 cm³/mol. The maximum Gasteiger partial charge on any atom is 0.333 e. The minimum Gasteiger partial charge on any atom is -0.270 e. The minimum atomic E-state index is -3.97. The summed E-state index contributed by atoms with van der Waals surface area (Å²) in [5.74, 6) is 0. The first kappa shape index (κ1) is 18.0. The van der Waals surface area contributed by atoms with E-state index in [4.69, 9.17) is 0 Å². The van der Waals surface area contributed by atoms with E-state index in [9.17, 15) is 17.2 Å². The third kappa shape index (κ3) is 3.17. The highest BCUT2D eigenvalue weighted by Crippen LogP contribution is 2.27. The molecule has 0 aliphatic rings. The SMILES string of the molecule is Cc1nn(C(F)F)c(C)c1S(=O)(=O)N(C)Cc1c(Br)cnn1C. The first-order chi connectivity index (χ1) is 10.6. The molecule has 0 bridgehead atoms. The molecule has 0 aliphatic heterocycles. The van der Waals surface area contributed by atoms with Gasteiger partial charge in [0.2, 0.25) is 10.0 Å². The number of hydrogen-bond acceptors (Lipinski definition) is 4. The van der Waals surface area contributed by atoms with Crippen molar-refractivity contribution in [3.05, 3.63) is 27.8 Å². The molecule has 0 fully saturated rings. The van der Waals surface area contributed by atoms with Gasteiger partial charge in [0.15, 0.2) is 0 Å². The summed E-state index contributed by atoms with van der Waals surface area (Å²) in [4.78, 5) is -0.196. The van der Waals surface area contributed by atoms with E-state index in [1.807, 2.05) is 0 Å². The third-order valence-electron chi connectivity index (χ3n) is 3.49. The molecule has 128 valence electrons. The lowest BCUT2D eigenvalue weighted by atomic mass is 10.4. The highest BCUT2D eigenvalue weighted by atomic mass is 79.9. The van der Waals surface area contributed by atoms with Gasteiger partial charge in [0.25, 0.3) is 0 Å². The molecule has 0 atom stereocenters. The summed E-state index contributed by atoms with van der Waals surface area (Å²) >= 11 is 3.30. The van der Waals surface area contributed by atoms with Crippen LogP contribution in [0.3, 0.4) is 0 Å². The number of aromatic nitrogens is 4. The lowest BCUT2D eigenvalue weighted by Crippen LogP contribution is -2.28. The van der Waals surface area contributed by atoms with Gasteiger partial charge in [-0.3, -0.25) is 4.68 Å². The molecular weight excluding hydrogens is 396 g/mol. The van der Waals surface area contributed by atoms with Crippen LogP contribution >= 0.6 is 15.9 Å². The van der Waals surface area contributed by atoms with Crippen LogP contribution in [0.4, 0.5) is 8.78 Å². The Morgan fingerprint density at radius 3 is 2.43 bits per heavy atom. The Balaban J connectivity index is 2.43. The van der Waals surface area contributed by atoms with Crippen LogP contribution in [-0.2, 0) is 23.6 Å². The number of rotatable bonds is 5. The average Bonchev–Trinajstić information content (AvgIpc) is 2.92. The van der Waals surface area contributed by atoms with Gasteiger partial charge < -0.3 is 0 Å². The molecule has 0 aliphatic carbocycles. The first-order valence-corrected chi connectivity index (χ1v) is 8.77. The average molecular weight is 412 g/mol. The molecule has 23 heavy (non-hydrogen) atoms. The zero-order chi connectivity index (χ0) is 17.5. The summed E-state index contributed by atoms with van der Waals surface area (Å²) in [7, 11) is -0.899. The predicted octanol–water partition coefficient (Wildman–Crippen LogP) is 2.21. The van der Waals surface area contributed by atoms with Gasteiger partial charge in [-0.2, -0.15) is 23.3 Å². The number of aryl methyl sites for hydroxylation is 2. The van der Waals surface area contributed by atoms with Crippen molar-refractivity contribution in [2.75, 3.05) is 7.05 Å². The fourth-order valence-corrected chi connectivity index (χ4v) is 4.24. The molecular formula is C12H16BrF2N5O2S. The Morgan fingerprint density at radius 1 is 1.39 bits per heavy atom. The van der Waals surface area contributed by atoms with Crippen molar-refractivity contribution < 1.29 is 17.2 Å². The van der Waals surface area contributed by atoms with Crippen molar-refractivity contribution in [2.45, 2.75) is 31.8 Å². The first-order valence-electron chi connectivity index (χ1n) is 6.54. The molecule has 2 rings (SSSR count). The van der Waals surface area contributed by atoms with E-state index >= 15 is 0 Å². The molecule has 0 amide bonds. The normalized spacial score (nSPS) is 12.6. The van der Waals surface area contributed by atoms with Crippen LogP contribution in [0.15, 0.2) is 15.6 Å². The Morgan fingerprint density at radius 2 is 2.00 bits per heavy atom. The topological polar surface area (TPSA) is 73.0 Å². The zero-order valence-corrected chi connectivity index (χ0v) is 15.4. The molecule has 7 nitrogen and oxygen atoms in total. The van der Waals surface area contributed by atoms with Crippen LogP contribution in [0, 0.1) is 13.8 Å². The van der Waals surface area contributed by atoms with Crippen LogP contribution in [-0.4, -0.2) is 39.3 Å². The summed E-state index contributed by atoms with van der Waals surface area (Å²) < 4.78 is 55.0. The Hall–Kier alpha value is -1.33. The molecule has 2 heterocycles. The fourth-order valence-electron chi connectivity index (χ4n) is 2.28. The van der Waals surface area contributed by atoms with Crippen LogP contribution in [0.5, 0.6) is 0 Å². The van der Waals surface area contributed by atoms with Gasteiger partial charge in [-0.1, -0.05) is 0 Å². The van der Waals surface area contributed by atoms with Crippen molar-refractivity contribution in [2.24, 2.45) is 7.05 Å². The second-order valence-corrected chi connectivity index (χ2v) is 7.88. The zero-order valence-electron chi connectivity index (χ0n) is 13.0. The molecule has 0 radical (unpaired) electrons. The highest BCUT2D eigenvalue weighted by Gasteiger charge is 2.31. The van der Waals surface area contributed by atoms with E-state index in [1.165, 1.54) is 20.9 Å². The van der Waals surface area contributed by atoms with Gasteiger partial charge >= 0.3 is 6.55 Å². The summed E-state index contributed by atoms with van der Waals surface area (Å²) in [6, 6.07) is 0. The maximum absolute atomic E-state index is 12.9. The number of nitrogens with zero attached hydrogens (tertiary/aromatic N) is 5. The van der Waals surface area contributed by atoms with Gasteiger partial charge in [-0.25, -0.2) is 13.1 Å². The van der Waals surface area contributed by atoms with E-state index in [0.717, 1.165) is 4.31 Å². The lowest BCUT2D eigenvalue weighted by Gasteiger charge is -2.18. The molecule has 0 N–H and O–H groups in total. The smallest absolute Gasteiger partial charge is 0.270 e. The summed E-state index contributed by atoms with van der Waals surface area (Å²) in [5.41, 5.74) is 0.597. The summed E-state index contributed by atoms with van der Waals surface area (Å²) in [6.07, 6.45) is 1.56. The largest absolute Gasteiger partial charge is 0.333 e. The van der Waals surface area contributed by atoms with Gasteiger partial charge in [0, 0.05) is 14.1 Å². The second-order valence-electron chi connectivity index (χ2n) is 5.05. The molecule has 0 aromatic carbocycles. The number of halogens is 3. The Kier molecular flexibility index (Phi) is 4.92. The van der Waals surface area contributed by atoms with Crippen LogP contribution in [0.1, 0.15) is 23.6 Å². The summed E-state index contributed by atoms with van der Waals surface area (Å²) in [6.45, 7) is -0.147.